The molecule has 0 saturated heterocycles. The van der Waals surface area contributed by atoms with Gasteiger partial charge in [-0.15, -0.1) is 0 Å². The van der Waals surface area contributed by atoms with Gasteiger partial charge in [-0.1, -0.05) is 29.8 Å². The zero-order valence-corrected chi connectivity index (χ0v) is 12.3. The van der Waals surface area contributed by atoms with Crippen LogP contribution < -0.4 is 0 Å². The number of halogens is 1. The Kier molecular flexibility index (Phi) is 3.56. The number of methoxy groups -OCH3 is 1. The molecule has 0 saturated carbocycles. The van der Waals surface area contributed by atoms with Crippen LogP contribution in [0.5, 0.6) is 0 Å². The summed E-state index contributed by atoms with van der Waals surface area (Å²) in [6.07, 6.45) is 1.61. The van der Waals surface area contributed by atoms with Crippen LogP contribution in [0.25, 0.3) is 16.9 Å². The molecule has 1 N–H and O–H groups in total. The van der Waals surface area contributed by atoms with E-state index in [-0.39, 0.29) is 0 Å². The maximum Gasteiger partial charge on any atom is 0.184 e. The van der Waals surface area contributed by atoms with E-state index in [2.05, 4.69) is 9.97 Å². The van der Waals surface area contributed by atoms with Crippen molar-refractivity contribution < 1.29 is 4.74 Å². The molecule has 0 aliphatic rings. The third-order valence-electron chi connectivity index (χ3n) is 3.02. The molecular weight excluding hydrogens is 294 g/mol. The predicted molar refractivity (Wildman–Crippen MR) is 82.0 cm³/mol. The van der Waals surface area contributed by atoms with Gasteiger partial charge in [-0.3, -0.25) is 4.57 Å². The molecule has 0 bridgehead atoms. The third-order valence-corrected chi connectivity index (χ3v) is 3.51. The fourth-order valence-corrected chi connectivity index (χ4v) is 2.65. The summed E-state index contributed by atoms with van der Waals surface area (Å²) in [5.41, 5.74) is 3.57. The summed E-state index contributed by atoms with van der Waals surface area (Å²) in [5.74, 6) is 0. The van der Waals surface area contributed by atoms with Crippen molar-refractivity contribution in [2.45, 2.75) is 6.61 Å². The topological polar surface area (TPSA) is 42.8 Å². The molecule has 0 radical (unpaired) electrons. The molecule has 0 atom stereocenters. The lowest BCUT2D eigenvalue weighted by atomic mass is 10.2. The summed E-state index contributed by atoms with van der Waals surface area (Å²) < 4.78 is 7.72. The van der Waals surface area contributed by atoms with Crippen LogP contribution in [0.4, 0.5) is 0 Å². The molecule has 102 valence electrons. The maximum absolute atomic E-state index is 5.96. The second-order valence-electron chi connectivity index (χ2n) is 4.35. The Hall–Kier alpha value is -1.69. The van der Waals surface area contributed by atoms with Crippen LogP contribution in [0.1, 0.15) is 5.56 Å². The van der Waals surface area contributed by atoms with Gasteiger partial charge >= 0.3 is 0 Å². The molecule has 6 heteroatoms. The van der Waals surface area contributed by atoms with Gasteiger partial charge < -0.3 is 9.72 Å². The molecule has 3 rings (SSSR count). The summed E-state index contributed by atoms with van der Waals surface area (Å²) in [5, 5.41) is 0.575. The molecule has 1 aromatic carbocycles. The Labute approximate surface area is 126 Å². The quantitative estimate of drug-likeness (QED) is 0.747. The number of rotatable bonds is 3. The van der Waals surface area contributed by atoms with Gasteiger partial charge in [0.1, 0.15) is 0 Å². The number of nitrogens with one attached hydrogen (secondary N) is 1. The highest BCUT2D eigenvalue weighted by Crippen LogP contribution is 2.23. The number of H-pyrrole nitrogens is 1. The molecule has 20 heavy (non-hydrogen) atoms. The number of fused-ring (bicyclic) bond motifs is 1. The summed E-state index contributed by atoms with van der Waals surface area (Å²) in [6.45, 7) is 0.512. The molecule has 0 amide bonds. The van der Waals surface area contributed by atoms with Crippen LogP contribution in [0.15, 0.2) is 36.5 Å². The van der Waals surface area contributed by atoms with Crippen molar-refractivity contribution in [1.29, 1.82) is 0 Å². The monoisotopic (exact) mass is 305 g/mol. The van der Waals surface area contributed by atoms with Crippen LogP contribution in [0, 0.1) is 4.77 Å². The average Bonchev–Trinajstić information content (AvgIpc) is 2.75. The lowest BCUT2D eigenvalue weighted by molar-refractivity contribution is 0.185. The van der Waals surface area contributed by atoms with Crippen molar-refractivity contribution >= 4 is 35.0 Å². The maximum atomic E-state index is 5.96. The van der Waals surface area contributed by atoms with E-state index in [4.69, 9.17) is 28.6 Å². The van der Waals surface area contributed by atoms with Gasteiger partial charge in [0.15, 0.2) is 10.4 Å². The number of para-hydroxylation sites is 1. The first-order chi connectivity index (χ1) is 9.70. The summed E-state index contributed by atoms with van der Waals surface area (Å²) in [6, 6.07) is 9.75. The smallest absolute Gasteiger partial charge is 0.184 e. The molecular formula is C14H12ClN3OS. The standard InChI is InChI=1S/C14H12ClN3OS/c1-19-8-9-4-2-3-5-12(9)18-13-11(17-14(18)20)6-10(15)7-16-13/h2-7H,8H2,1H3,(H,17,20). The minimum atomic E-state index is 0.512. The van der Waals surface area contributed by atoms with Crippen LogP contribution in [-0.4, -0.2) is 21.6 Å². The lowest BCUT2D eigenvalue weighted by Crippen LogP contribution is -2.01. The van der Waals surface area contributed by atoms with Gasteiger partial charge in [-0.25, -0.2) is 4.98 Å². The van der Waals surface area contributed by atoms with E-state index in [1.54, 1.807) is 13.3 Å². The van der Waals surface area contributed by atoms with Crippen LogP contribution in [0.2, 0.25) is 5.02 Å². The number of hydrogen-bond acceptors (Lipinski definition) is 3. The van der Waals surface area contributed by atoms with Crippen molar-refractivity contribution in [2.24, 2.45) is 0 Å². The highest BCUT2D eigenvalue weighted by atomic mass is 35.5. The fraction of sp³-hybridized carbons (Fsp3) is 0.143. The molecule has 0 aliphatic carbocycles. The lowest BCUT2D eigenvalue weighted by Gasteiger charge is -2.10. The average molecular weight is 306 g/mol. The molecule has 2 aromatic heterocycles. The summed E-state index contributed by atoms with van der Waals surface area (Å²) in [4.78, 5) is 7.50. The molecule has 0 aliphatic heterocycles. The SMILES string of the molecule is COCc1ccccc1-n1c(=S)[nH]c2cc(Cl)cnc21. The number of imidazole rings is 1. The van der Waals surface area contributed by atoms with E-state index in [9.17, 15) is 0 Å². The van der Waals surface area contributed by atoms with E-state index in [0.29, 0.717) is 16.4 Å². The minimum absolute atomic E-state index is 0.512. The van der Waals surface area contributed by atoms with Crippen molar-refractivity contribution in [3.8, 4) is 5.69 Å². The van der Waals surface area contributed by atoms with E-state index in [1.165, 1.54) is 0 Å². The molecule has 0 unspecified atom stereocenters. The molecule has 0 fully saturated rings. The Bertz CT molecular complexity index is 825. The Morgan fingerprint density at radius 2 is 2.20 bits per heavy atom. The molecule has 0 spiro atoms. The molecule has 3 aromatic rings. The Morgan fingerprint density at radius 3 is 3.00 bits per heavy atom. The second kappa shape index (κ2) is 5.36. The number of aromatic nitrogens is 3. The van der Waals surface area contributed by atoms with Crippen molar-refractivity contribution in [3.63, 3.8) is 0 Å². The molecule has 4 nitrogen and oxygen atoms in total. The van der Waals surface area contributed by atoms with Crippen molar-refractivity contribution in [3.05, 3.63) is 51.9 Å². The molecule has 2 heterocycles. The summed E-state index contributed by atoms with van der Waals surface area (Å²) in [7, 11) is 1.67. The number of benzene rings is 1. The van der Waals surface area contributed by atoms with Crippen LogP contribution in [-0.2, 0) is 11.3 Å². The summed E-state index contributed by atoms with van der Waals surface area (Å²) >= 11 is 11.4. The highest BCUT2D eigenvalue weighted by molar-refractivity contribution is 7.71. The first kappa shape index (κ1) is 13.3. The first-order valence-electron chi connectivity index (χ1n) is 6.04. The largest absolute Gasteiger partial charge is 0.380 e. The number of hydrogen-bond donors (Lipinski definition) is 1. The predicted octanol–water partition coefficient (Wildman–Crippen LogP) is 3.88. The van der Waals surface area contributed by atoms with Crippen molar-refractivity contribution in [1.82, 2.24) is 14.5 Å². The van der Waals surface area contributed by atoms with Gasteiger partial charge in [0, 0.05) is 18.9 Å². The van der Waals surface area contributed by atoms with Gasteiger partial charge in [0.2, 0.25) is 0 Å². The van der Waals surface area contributed by atoms with Gasteiger partial charge in [-0.2, -0.15) is 0 Å². The third kappa shape index (κ3) is 2.24. The number of pyridine rings is 1. The Balaban J connectivity index is 2.30. The van der Waals surface area contributed by atoms with Gasteiger partial charge in [-0.05, 0) is 24.4 Å². The number of aromatic amines is 1. The minimum Gasteiger partial charge on any atom is -0.380 e. The van der Waals surface area contributed by atoms with Gasteiger partial charge in [0.25, 0.3) is 0 Å². The first-order valence-corrected chi connectivity index (χ1v) is 6.83. The van der Waals surface area contributed by atoms with E-state index < -0.39 is 0 Å². The van der Waals surface area contributed by atoms with Crippen LogP contribution in [0.3, 0.4) is 0 Å². The second-order valence-corrected chi connectivity index (χ2v) is 5.18. The highest BCUT2D eigenvalue weighted by Gasteiger charge is 2.11. The number of nitrogens with zero attached hydrogens (tertiary/aromatic N) is 2. The van der Waals surface area contributed by atoms with E-state index >= 15 is 0 Å². The van der Waals surface area contributed by atoms with E-state index in [1.807, 2.05) is 34.9 Å². The zero-order valence-electron chi connectivity index (χ0n) is 10.8. The Morgan fingerprint density at radius 1 is 1.40 bits per heavy atom. The number of ether oxygens (including phenoxy) is 1. The van der Waals surface area contributed by atoms with Crippen LogP contribution >= 0.6 is 23.8 Å². The normalized spacial score (nSPS) is 11.1. The van der Waals surface area contributed by atoms with E-state index in [0.717, 1.165) is 22.4 Å². The van der Waals surface area contributed by atoms with Crippen molar-refractivity contribution in [2.75, 3.05) is 7.11 Å². The zero-order chi connectivity index (χ0) is 14.1. The van der Waals surface area contributed by atoms with Gasteiger partial charge in [0.05, 0.1) is 22.8 Å². The fourth-order valence-electron chi connectivity index (χ4n) is 2.20.